The Morgan fingerprint density at radius 3 is 2.23 bits per heavy atom. The second-order valence-corrected chi connectivity index (χ2v) is 8.14. The van der Waals surface area contributed by atoms with E-state index in [9.17, 15) is 14.0 Å². The van der Waals surface area contributed by atoms with Crippen molar-refractivity contribution >= 4 is 22.6 Å². The fraction of sp³-hybridized carbons (Fsp3) is 0.280. The summed E-state index contributed by atoms with van der Waals surface area (Å²) in [5, 5.41) is 2.02. The molecule has 1 saturated carbocycles. The van der Waals surface area contributed by atoms with Crippen LogP contribution in [0.3, 0.4) is 0 Å². The summed E-state index contributed by atoms with van der Waals surface area (Å²) in [6.45, 7) is 2.20. The van der Waals surface area contributed by atoms with Gasteiger partial charge in [-0.1, -0.05) is 48.5 Å². The Kier molecular flexibility index (Phi) is 4.74. The van der Waals surface area contributed by atoms with E-state index in [0.29, 0.717) is 31.7 Å². The molecule has 0 bridgehead atoms. The minimum absolute atomic E-state index is 0.0178. The van der Waals surface area contributed by atoms with E-state index in [1.54, 1.807) is 12.1 Å². The zero-order chi connectivity index (χ0) is 20.7. The van der Waals surface area contributed by atoms with Crippen LogP contribution >= 0.6 is 0 Å². The highest BCUT2D eigenvalue weighted by atomic mass is 19.1. The molecule has 1 aliphatic heterocycles. The Labute approximate surface area is 174 Å². The number of rotatable bonds is 3. The van der Waals surface area contributed by atoms with Gasteiger partial charge in [-0.2, -0.15) is 0 Å². The van der Waals surface area contributed by atoms with Crippen molar-refractivity contribution in [2.24, 2.45) is 5.92 Å². The van der Waals surface area contributed by atoms with Gasteiger partial charge in [-0.25, -0.2) is 4.39 Å². The zero-order valence-corrected chi connectivity index (χ0v) is 16.6. The first-order valence-corrected chi connectivity index (χ1v) is 10.4. The van der Waals surface area contributed by atoms with Crippen LogP contribution in [0.5, 0.6) is 0 Å². The highest BCUT2D eigenvalue weighted by Gasteiger charge is 2.46. The number of piperazine rings is 1. The molecule has 2 unspecified atom stereocenters. The summed E-state index contributed by atoms with van der Waals surface area (Å²) in [6.07, 6.45) is 0.819. The highest BCUT2D eigenvalue weighted by molar-refractivity contribution is 6.07. The lowest BCUT2D eigenvalue weighted by Gasteiger charge is -2.35. The van der Waals surface area contributed by atoms with Gasteiger partial charge in [-0.3, -0.25) is 9.59 Å². The molecule has 5 rings (SSSR count). The lowest BCUT2D eigenvalue weighted by Crippen LogP contribution is -2.51. The van der Waals surface area contributed by atoms with Crippen LogP contribution in [-0.2, 0) is 4.79 Å². The summed E-state index contributed by atoms with van der Waals surface area (Å²) < 4.78 is 13.1. The van der Waals surface area contributed by atoms with Gasteiger partial charge in [-0.15, -0.1) is 0 Å². The average molecular weight is 402 g/mol. The molecule has 1 heterocycles. The van der Waals surface area contributed by atoms with Crippen LogP contribution in [0.2, 0.25) is 0 Å². The molecule has 2 aliphatic rings. The molecule has 30 heavy (non-hydrogen) atoms. The van der Waals surface area contributed by atoms with Gasteiger partial charge in [0.25, 0.3) is 5.91 Å². The molecule has 152 valence electrons. The van der Waals surface area contributed by atoms with Crippen LogP contribution in [-0.4, -0.2) is 47.8 Å². The molecule has 1 saturated heterocycles. The molecule has 0 spiro atoms. The lowest BCUT2D eigenvalue weighted by molar-refractivity contribution is -0.134. The van der Waals surface area contributed by atoms with Crippen molar-refractivity contribution < 1.29 is 14.0 Å². The molecular formula is C25H23FN2O2. The molecule has 0 N–H and O–H groups in total. The normalized spacial score (nSPS) is 21.0. The van der Waals surface area contributed by atoms with E-state index in [1.807, 2.05) is 52.3 Å². The van der Waals surface area contributed by atoms with Crippen molar-refractivity contribution in [3.63, 3.8) is 0 Å². The molecule has 0 aromatic heterocycles. The maximum Gasteiger partial charge on any atom is 0.254 e. The lowest BCUT2D eigenvalue weighted by atomic mass is 10.0. The number of benzene rings is 3. The summed E-state index contributed by atoms with van der Waals surface area (Å²) in [5.74, 6) is 0.0922. The number of hydrogen-bond acceptors (Lipinski definition) is 2. The molecule has 3 aromatic rings. The Morgan fingerprint density at radius 1 is 0.800 bits per heavy atom. The Morgan fingerprint density at radius 2 is 1.47 bits per heavy atom. The molecule has 0 radical (unpaired) electrons. The van der Waals surface area contributed by atoms with E-state index in [-0.39, 0.29) is 29.5 Å². The van der Waals surface area contributed by atoms with Crippen molar-refractivity contribution in [2.45, 2.75) is 12.3 Å². The van der Waals surface area contributed by atoms with Crippen LogP contribution < -0.4 is 0 Å². The first-order valence-electron chi connectivity index (χ1n) is 10.4. The number of fused-ring (bicyclic) bond motifs is 1. The number of carbonyl (C=O) groups is 2. The molecule has 1 aliphatic carbocycles. The van der Waals surface area contributed by atoms with Crippen LogP contribution in [0.1, 0.15) is 28.3 Å². The van der Waals surface area contributed by atoms with E-state index in [1.165, 1.54) is 12.1 Å². The third-order valence-corrected chi connectivity index (χ3v) is 6.30. The maximum atomic E-state index is 13.1. The number of hydrogen-bond donors (Lipinski definition) is 0. The van der Waals surface area contributed by atoms with Crippen molar-refractivity contribution in [1.82, 2.24) is 9.80 Å². The molecule has 4 nitrogen and oxygen atoms in total. The summed E-state index contributed by atoms with van der Waals surface area (Å²) in [7, 11) is 0. The summed E-state index contributed by atoms with van der Waals surface area (Å²) in [5.41, 5.74) is 1.74. The number of halogens is 1. The van der Waals surface area contributed by atoms with Gasteiger partial charge in [0.15, 0.2) is 0 Å². The molecular weight excluding hydrogens is 379 g/mol. The second-order valence-electron chi connectivity index (χ2n) is 8.14. The predicted molar refractivity (Wildman–Crippen MR) is 114 cm³/mol. The minimum Gasteiger partial charge on any atom is -0.339 e. The average Bonchev–Trinajstić information content (AvgIpc) is 3.59. The van der Waals surface area contributed by atoms with Gasteiger partial charge in [0.1, 0.15) is 5.82 Å². The molecule has 2 atom stereocenters. The van der Waals surface area contributed by atoms with Gasteiger partial charge in [0, 0.05) is 37.7 Å². The Hall–Kier alpha value is -3.21. The first-order chi connectivity index (χ1) is 14.6. The second kappa shape index (κ2) is 7.56. The predicted octanol–water partition coefficient (Wildman–Crippen LogP) is 4.07. The standard InChI is InChI=1S/C25H23FN2O2/c26-19-10-8-18(9-11-19)22-16-23(22)25(30)28-14-12-27(13-15-28)24(29)21-7-3-5-17-4-1-2-6-20(17)21/h1-11,22-23H,12-16H2. The third-order valence-electron chi connectivity index (χ3n) is 6.30. The van der Waals surface area contributed by atoms with Crippen molar-refractivity contribution in [1.29, 1.82) is 0 Å². The summed E-state index contributed by atoms with van der Waals surface area (Å²) in [6, 6.07) is 20.2. The molecule has 3 aromatic carbocycles. The SMILES string of the molecule is O=C(c1cccc2ccccc12)N1CCN(C(=O)C2CC2c2ccc(F)cc2)CC1. The van der Waals surface area contributed by atoms with E-state index >= 15 is 0 Å². The Balaban J connectivity index is 1.22. The van der Waals surface area contributed by atoms with Gasteiger partial charge >= 0.3 is 0 Å². The van der Waals surface area contributed by atoms with Crippen molar-refractivity contribution in [3.05, 3.63) is 83.7 Å². The Bertz CT molecular complexity index is 1100. The fourth-order valence-electron chi connectivity index (χ4n) is 4.49. The first kappa shape index (κ1) is 18.8. The monoisotopic (exact) mass is 402 g/mol. The molecule has 2 fully saturated rings. The number of amides is 2. The van der Waals surface area contributed by atoms with E-state index < -0.39 is 0 Å². The molecule has 2 amide bonds. The van der Waals surface area contributed by atoms with Crippen molar-refractivity contribution in [2.75, 3.05) is 26.2 Å². The quantitative estimate of drug-likeness (QED) is 0.663. The smallest absolute Gasteiger partial charge is 0.254 e. The van der Waals surface area contributed by atoms with E-state index in [4.69, 9.17) is 0 Å². The van der Waals surface area contributed by atoms with Crippen LogP contribution in [0, 0.1) is 11.7 Å². The van der Waals surface area contributed by atoms with Gasteiger partial charge in [0.2, 0.25) is 5.91 Å². The number of nitrogens with zero attached hydrogens (tertiary/aromatic N) is 2. The van der Waals surface area contributed by atoms with Crippen molar-refractivity contribution in [3.8, 4) is 0 Å². The topological polar surface area (TPSA) is 40.6 Å². The van der Waals surface area contributed by atoms with Crippen LogP contribution in [0.4, 0.5) is 4.39 Å². The summed E-state index contributed by atoms with van der Waals surface area (Å²) >= 11 is 0. The summed E-state index contributed by atoms with van der Waals surface area (Å²) in [4.78, 5) is 29.7. The van der Waals surface area contributed by atoms with E-state index in [2.05, 4.69) is 0 Å². The number of carbonyl (C=O) groups excluding carboxylic acids is 2. The van der Waals surface area contributed by atoms with Gasteiger partial charge in [0.05, 0.1) is 0 Å². The van der Waals surface area contributed by atoms with Gasteiger partial charge < -0.3 is 9.80 Å². The van der Waals surface area contributed by atoms with Crippen LogP contribution in [0.15, 0.2) is 66.7 Å². The molecule has 5 heteroatoms. The van der Waals surface area contributed by atoms with Gasteiger partial charge in [-0.05, 0) is 46.9 Å². The van der Waals surface area contributed by atoms with Crippen LogP contribution in [0.25, 0.3) is 10.8 Å². The zero-order valence-electron chi connectivity index (χ0n) is 16.6. The maximum absolute atomic E-state index is 13.1. The highest BCUT2D eigenvalue weighted by Crippen LogP contribution is 2.48. The third kappa shape index (κ3) is 3.45. The van der Waals surface area contributed by atoms with E-state index in [0.717, 1.165) is 22.8 Å². The largest absolute Gasteiger partial charge is 0.339 e. The fourth-order valence-corrected chi connectivity index (χ4v) is 4.49. The minimum atomic E-state index is -0.255.